The Kier molecular flexibility index (Phi) is 9.61. The summed E-state index contributed by atoms with van der Waals surface area (Å²) in [4.78, 5) is 17.2. The molecule has 1 amide bonds. The summed E-state index contributed by atoms with van der Waals surface area (Å²) in [6.07, 6.45) is 5.92. The van der Waals surface area contributed by atoms with E-state index in [2.05, 4.69) is 60.1 Å². The number of imidazole rings is 1. The minimum absolute atomic E-state index is 0.117. The van der Waals surface area contributed by atoms with Crippen LogP contribution in [0.4, 0.5) is 0 Å². The molecule has 0 unspecified atom stereocenters. The maximum absolute atomic E-state index is 12.3. The molecule has 5 nitrogen and oxygen atoms in total. The topological polar surface area (TPSA) is 56.1 Å². The SMILES string of the molecule is Cc1ccc(C)c(OCCCCn2c(CCCCCNC(=O)c3ccccc3Cl)nc3ccccc32)c1. The number of unbranched alkanes of at least 4 members (excludes halogenated alkanes) is 3. The van der Waals surface area contributed by atoms with Gasteiger partial charge in [-0.1, -0.05) is 54.4 Å². The summed E-state index contributed by atoms with van der Waals surface area (Å²) in [6, 6.07) is 21.8. The van der Waals surface area contributed by atoms with Crippen molar-refractivity contribution in [3.8, 4) is 5.75 Å². The fourth-order valence-electron chi connectivity index (χ4n) is 4.51. The largest absolute Gasteiger partial charge is 0.493 e. The number of nitrogens with one attached hydrogen (secondary N) is 1. The highest BCUT2D eigenvalue weighted by Gasteiger charge is 2.11. The number of carbonyl (C=O) groups is 1. The molecular weight excluding hydrogens is 482 g/mol. The van der Waals surface area contributed by atoms with E-state index in [-0.39, 0.29) is 5.91 Å². The molecule has 0 fully saturated rings. The highest BCUT2D eigenvalue weighted by molar-refractivity contribution is 6.33. The average molecular weight is 518 g/mol. The summed E-state index contributed by atoms with van der Waals surface area (Å²) >= 11 is 6.11. The highest BCUT2D eigenvalue weighted by atomic mass is 35.5. The summed E-state index contributed by atoms with van der Waals surface area (Å²) < 4.78 is 8.41. The molecule has 0 radical (unpaired) electrons. The van der Waals surface area contributed by atoms with Crippen molar-refractivity contribution in [2.45, 2.75) is 58.9 Å². The predicted octanol–water partition coefficient (Wildman–Crippen LogP) is 7.31. The van der Waals surface area contributed by atoms with Crippen LogP contribution in [0.15, 0.2) is 66.7 Å². The standard InChI is InChI=1S/C31H36ClN3O2/c1-23-17-18-24(2)29(22-23)37-21-11-10-20-35-28-15-8-7-14-27(28)34-30(35)16-4-3-9-19-33-31(36)25-12-5-6-13-26(25)32/h5-8,12-15,17-18,22H,3-4,9-11,16,19-21H2,1-2H3,(H,33,36). The van der Waals surface area contributed by atoms with Crippen molar-refractivity contribution in [3.05, 3.63) is 94.3 Å². The van der Waals surface area contributed by atoms with E-state index in [0.29, 0.717) is 23.7 Å². The molecule has 1 aromatic heterocycles. The maximum atomic E-state index is 12.3. The van der Waals surface area contributed by atoms with Crippen LogP contribution >= 0.6 is 11.6 Å². The quantitative estimate of drug-likeness (QED) is 0.189. The van der Waals surface area contributed by atoms with Crippen LogP contribution in [0.2, 0.25) is 5.02 Å². The molecule has 37 heavy (non-hydrogen) atoms. The van der Waals surface area contributed by atoms with Crippen LogP contribution in [0, 0.1) is 13.8 Å². The highest BCUT2D eigenvalue weighted by Crippen LogP contribution is 2.21. The van der Waals surface area contributed by atoms with Gasteiger partial charge in [0.15, 0.2) is 0 Å². The van der Waals surface area contributed by atoms with E-state index in [4.69, 9.17) is 21.3 Å². The lowest BCUT2D eigenvalue weighted by atomic mass is 10.1. The average Bonchev–Trinajstić information content (AvgIpc) is 3.25. The minimum Gasteiger partial charge on any atom is -0.493 e. The van der Waals surface area contributed by atoms with Crippen molar-refractivity contribution >= 4 is 28.5 Å². The Morgan fingerprint density at radius 1 is 0.946 bits per heavy atom. The second kappa shape index (κ2) is 13.3. The van der Waals surface area contributed by atoms with Gasteiger partial charge in [-0.15, -0.1) is 0 Å². The Morgan fingerprint density at radius 3 is 2.62 bits per heavy atom. The maximum Gasteiger partial charge on any atom is 0.252 e. The molecule has 0 atom stereocenters. The van der Waals surface area contributed by atoms with E-state index in [1.165, 1.54) is 16.6 Å². The molecule has 1 heterocycles. The number of para-hydroxylation sites is 2. The van der Waals surface area contributed by atoms with E-state index in [1.807, 2.05) is 18.2 Å². The Balaban J connectivity index is 1.23. The number of hydrogen-bond donors (Lipinski definition) is 1. The van der Waals surface area contributed by atoms with Crippen molar-refractivity contribution in [1.82, 2.24) is 14.9 Å². The Morgan fingerprint density at radius 2 is 1.76 bits per heavy atom. The molecule has 0 bridgehead atoms. The molecule has 4 aromatic rings. The first-order valence-corrected chi connectivity index (χ1v) is 13.6. The number of halogens is 1. The lowest BCUT2D eigenvalue weighted by molar-refractivity contribution is 0.0953. The normalized spacial score (nSPS) is 11.1. The summed E-state index contributed by atoms with van der Waals surface area (Å²) in [5.41, 5.74) is 5.17. The van der Waals surface area contributed by atoms with Gasteiger partial charge in [-0.3, -0.25) is 4.79 Å². The fraction of sp³-hybridized carbons (Fsp3) is 0.355. The van der Waals surface area contributed by atoms with Crippen molar-refractivity contribution in [2.24, 2.45) is 0 Å². The lowest BCUT2D eigenvalue weighted by Crippen LogP contribution is -2.24. The number of amides is 1. The van der Waals surface area contributed by atoms with E-state index >= 15 is 0 Å². The van der Waals surface area contributed by atoms with Crippen LogP contribution < -0.4 is 10.1 Å². The van der Waals surface area contributed by atoms with Crippen LogP contribution in [-0.2, 0) is 13.0 Å². The number of fused-ring (bicyclic) bond motifs is 1. The Hall–Kier alpha value is -3.31. The lowest BCUT2D eigenvalue weighted by Gasteiger charge is -2.12. The zero-order valence-corrected chi connectivity index (χ0v) is 22.6. The monoisotopic (exact) mass is 517 g/mol. The third-order valence-corrected chi connectivity index (χ3v) is 6.92. The fourth-order valence-corrected chi connectivity index (χ4v) is 4.73. The van der Waals surface area contributed by atoms with Crippen molar-refractivity contribution in [2.75, 3.05) is 13.2 Å². The summed E-state index contributed by atoms with van der Waals surface area (Å²) in [7, 11) is 0. The molecule has 3 aromatic carbocycles. The second-order valence-electron chi connectivity index (χ2n) is 9.54. The molecule has 0 aliphatic heterocycles. The molecule has 194 valence electrons. The van der Waals surface area contributed by atoms with Crippen molar-refractivity contribution in [1.29, 1.82) is 0 Å². The van der Waals surface area contributed by atoms with Crippen LogP contribution in [0.3, 0.4) is 0 Å². The van der Waals surface area contributed by atoms with Gasteiger partial charge in [0.05, 0.1) is 28.2 Å². The smallest absolute Gasteiger partial charge is 0.252 e. The van der Waals surface area contributed by atoms with Gasteiger partial charge in [0.2, 0.25) is 0 Å². The zero-order chi connectivity index (χ0) is 26.0. The van der Waals surface area contributed by atoms with Gasteiger partial charge >= 0.3 is 0 Å². The van der Waals surface area contributed by atoms with E-state index in [1.54, 1.807) is 12.1 Å². The molecule has 0 aliphatic carbocycles. The van der Waals surface area contributed by atoms with Gasteiger partial charge < -0.3 is 14.6 Å². The third kappa shape index (κ3) is 7.36. The molecule has 0 saturated heterocycles. The molecule has 6 heteroatoms. The molecule has 0 spiro atoms. The van der Waals surface area contributed by atoms with E-state index in [9.17, 15) is 4.79 Å². The summed E-state index contributed by atoms with van der Waals surface area (Å²) in [5.74, 6) is 2.00. The first-order chi connectivity index (χ1) is 18.0. The summed E-state index contributed by atoms with van der Waals surface area (Å²) in [5, 5.41) is 3.46. The van der Waals surface area contributed by atoms with Crippen molar-refractivity contribution < 1.29 is 9.53 Å². The number of aryl methyl sites for hydroxylation is 4. The van der Waals surface area contributed by atoms with E-state index in [0.717, 1.165) is 62.2 Å². The first kappa shape index (κ1) is 26.7. The van der Waals surface area contributed by atoms with E-state index < -0.39 is 0 Å². The number of hydrogen-bond acceptors (Lipinski definition) is 3. The predicted molar refractivity (Wildman–Crippen MR) is 152 cm³/mol. The molecular formula is C31H36ClN3O2. The van der Waals surface area contributed by atoms with Crippen LogP contribution in [0.5, 0.6) is 5.75 Å². The Labute approximate surface area is 224 Å². The number of carbonyl (C=O) groups excluding carboxylic acids is 1. The molecule has 1 N–H and O–H groups in total. The number of rotatable bonds is 13. The Bertz CT molecular complexity index is 1330. The van der Waals surface area contributed by atoms with Crippen LogP contribution in [0.25, 0.3) is 11.0 Å². The van der Waals surface area contributed by atoms with Gasteiger partial charge in [-0.05, 0) is 81.0 Å². The number of benzene rings is 3. The van der Waals surface area contributed by atoms with Gasteiger partial charge in [-0.2, -0.15) is 0 Å². The number of aromatic nitrogens is 2. The van der Waals surface area contributed by atoms with Gasteiger partial charge in [0.25, 0.3) is 5.91 Å². The van der Waals surface area contributed by atoms with Gasteiger partial charge in [0.1, 0.15) is 11.6 Å². The molecule has 0 aliphatic rings. The molecule has 4 rings (SSSR count). The zero-order valence-electron chi connectivity index (χ0n) is 21.8. The van der Waals surface area contributed by atoms with Crippen LogP contribution in [0.1, 0.15) is 59.4 Å². The number of nitrogens with zero attached hydrogens (tertiary/aromatic N) is 2. The van der Waals surface area contributed by atoms with Crippen LogP contribution in [-0.4, -0.2) is 28.6 Å². The second-order valence-corrected chi connectivity index (χ2v) is 9.95. The third-order valence-electron chi connectivity index (χ3n) is 6.59. The van der Waals surface area contributed by atoms with Gasteiger partial charge in [0, 0.05) is 19.5 Å². The van der Waals surface area contributed by atoms with Gasteiger partial charge in [-0.25, -0.2) is 4.98 Å². The summed E-state index contributed by atoms with van der Waals surface area (Å²) in [6.45, 7) is 6.47. The molecule has 0 saturated carbocycles. The van der Waals surface area contributed by atoms with Crippen molar-refractivity contribution in [3.63, 3.8) is 0 Å². The first-order valence-electron chi connectivity index (χ1n) is 13.2. The minimum atomic E-state index is -0.117. The number of ether oxygens (including phenoxy) is 1.